The van der Waals surface area contributed by atoms with Gasteiger partial charge in [0, 0.05) is 12.7 Å². The van der Waals surface area contributed by atoms with Gasteiger partial charge in [-0.15, -0.1) is 5.10 Å². The van der Waals surface area contributed by atoms with E-state index >= 15 is 0 Å². The number of rotatable bonds is 4. The Morgan fingerprint density at radius 2 is 1.88 bits per heavy atom. The molecule has 1 aliphatic rings. The van der Waals surface area contributed by atoms with Gasteiger partial charge in [-0.05, 0) is 43.7 Å². The smallest absolute Gasteiger partial charge is 0.0972 e. The molecule has 2 aromatic heterocycles. The van der Waals surface area contributed by atoms with Gasteiger partial charge in [0.2, 0.25) is 0 Å². The lowest BCUT2D eigenvalue weighted by Gasteiger charge is -2.34. The number of benzene rings is 1. The van der Waals surface area contributed by atoms with Crippen LogP contribution in [0.5, 0.6) is 0 Å². The zero-order valence-corrected chi connectivity index (χ0v) is 13.6. The highest BCUT2D eigenvalue weighted by atomic mass is 15.4. The molecule has 5 nitrogen and oxygen atoms in total. The normalized spacial score (nSPS) is 18.6. The zero-order chi connectivity index (χ0) is 16.2. The van der Waals surface area contributed by atoms with Gasteiger partial charge in [0.05, 0.1) is 29.3 Å². The third-order valence-corrected chi connectivity index (χ3v) is 4.57. The van der Waals surface area contributed by atoms with Crippen molar-refractivity contribution >= 4 is 0 Å². The monoisotopic (exact) mass is 319 g/mol. The van der Waals surface area contributed by atoms with Crippen molar-refractivity contribution in [3.8, 4) is 5.69 Å². The zero-order valence-electron chi connectivity index (χ0n) is 13.6. The van der Waals surface area contributed by atoms with Crippen molar-refractivity contribution in [1.82, 2.24) is 24.9 Å². The predicted octanol–water partition coefficient (Wildman–Crippen LogP) is 3.39. The fourth-order valence-electron chi connectivity index (χ4n) is 3.37. The lowest BCUT2D eigenvalue weighted by atomic mass is 9.98. The molecule has 0 bridgehead atoms. The number of pyridine rings is 1. The number of hydrogen-bond donors (Lipinski definition) is 0. The molecule has 1 atom stereocenters. The van der Waals surface area contributed by atoms with Crippen LogP contribution in [0.1, 0.15) is 36.7 Å². The van der Waals surface area contributed by atoms with Crippen molar-refractivity contribution in [2.45, 2.75) is 31.8 Å². The minimum Gasteiger partial charge on any atom is -0.289 e. The Morgan fingerprint density at radius 3 is 2.71 bits per heavy atom. The van der Waals surface area contributed by atoms with Crippen LogP contribution in [0.3, 0.4) is 0 Å². The number of para-hydroxylation sites is 1. The number of aromatic nitrogens is 4. The highest BCUT2D eigenvalue weighted by Gasteiger charge is 2.25. The second-order valence-electron chi connectivity index (χ2n) is 6.23. The molecule has 0 saturated carbocycles. The van der Waals surface area contributed by atoms with E-state index in [0.717, 1.165) is 36.6 Å². The van der Waals surface area contributed by atoms with Crippen LogP contribution < -0.4 is 0 Å². The van der Waals surface area contributed by atoms with Crippen LogP contribution >= 0.6 is 0 Å². The summed E-state index contributed by atoms with van der Waals surface area (Å²) in [6, 6.07) is 16.7. The van der Waals surface area contributed by atoms with Gasteiger partial charge in [0.15, 0.2) is 0 Å². The average Bonchev–Trinajstić information content (AvgIpc) is 3.12. The average molecular weight is 319 g/mol. The molecule has 3 aromatic rings. The van der Waals surface area contributed by atoms with Gasteiger partial charge in [-0.1, -0.05) is 35.9 Å². The second-order valence-corrected chi connectivity index (χ2v) is 6.23. The van der Waals surface area contributed by atoms with Gasteiger partial charge in [-0.2, -0.15) is 0 Å². The molecular weight excluding hydrogens is 298 g/mol. The van der Waals surface area contributed by atoms with Gasteiger partial charge in [0.25, 0.3) is 0 Å². The lowest BCUT2D eigenvalue weighted by Crippen LogP contribution is -2.33. The SMILES string of the molecule is c1ccc(-n2cc(CN3CCCC[C@H]3c3ccccn3)nn2)cc1. The van der Waals surface area contributed by atoms with E-state index in [1.807, 2.05) is 53.5 Å². The summed E-state index contributed by atoms with van der Waals surface area (Å²) < 4.78 is 1.84. The number of likely N-dealkylation sites (tertiary alicyclic amines) is 1. The van der Waals surface area contributed by atoms with Gasteiger partial charge in [-0.3, -0.25) is 9.88 Å². The van der Waals surface area contributed by atoms with Crippen LogP contribution in [0.4, 0.5) is 0 Å². The molecule has 122 valence electrons. The molecule has 1 fully saturated rings. The van der Waals surface area contributed by atoms with Crippen molar-refractivity contribution < 1.29 is 0 Å². The standard InChI is InChI=1S/C19H21N5/c1-2-8-17(9-3-1)24-15-16(21-22-24)14-23-13-7-5-11-19(23)18-10-4-6-12-20-18/h1-4,6,8-10,12,15,19H,5,7,11,13-14H2/t19-/m0/s1. The van der Waals surface area contributed by atoms with E-state index in [0.29, 0.717) is 6.04 Å². The highest BCUT2D eigenvalue weighted by Crippen LogP contribution is 2.30. The van der Waals surface area contributed by atoms with Gasteiger partial charge >= 0.3 is 0 Å². The van der Waals surface area contributed by atoms with E-state index in [1.165, 1.54) is 12.8 Å². The number of nitrogens with zero attached hydrogens (tertiary/aromatic N) is 5. The van der Waals surface area contributed by atoms with E-state index < -0.39 is 0 Å². The molecule has 24 heavy (non-hydrogen) atoms. The molecule has 0 aliphatic carbocycles. The third-order valence-electron chi connectivity index (χ3n) is 4.57. The molecule has 1 aliphatic heterocycles. The van der Waals surface area contributed by atoms with Crippen molar-refractivity contribution in [2.75, 3.05) is 6.54 Å². The molecule has 1 aromatic carbocycles. The van der Waals surface area contributed by atoms with Crippen LogP contribution in [0, 0.1) is 0 Å². The van der Waals surface area contributed by atoms with Gasteiger partial charge < -0.3 is 0 Å². The molecule has 0 amide bonds. The van der Waals surface area contributed by atoms with E-state index in [-0.39, 0.29) is 0 Å². The summed E-state index contributed by atoms with van der Waals surface area (Å²) in [6.07, 6.45) is 7.56. The Morgan fingerprint density at radius 1 is 1.00 bits per heavy atom. The Labute approximate surface area is 142 Å². The third kappa shape index (κ3) is 3.21. The van der Waals surface area contributed by atoms with Crippen LogP contribution in [0.2, 0.25) is 0 Å². The molecular formula is C19H21N5. The van der Waals surface area contributed by atoms with E-state index in [9.17, 15) is 0 Å². The highest BCUT2D eigenvalue weighted by molar-refractivity contribution is 5.29. The minimum absolute atomic E-state index is 0.377. The van der Waals surface area contributed by atoms with Crippen molar-refractivity contribution in [3.05, 3.63) is 72.3 Å². The Bertz CT molecular complexity index is 769. The molecule has 0 radical (unpaired) electrons. The van der Waals surface area contributed by atoms with Gasteiger partial charge in [-0.25, -0.2) is 4.68 Å². The Balaban J connectivity index is 1.52. The summed E-state index contributed by atoms with van der Waals surface area (Å²) in [6.45, 7) is 1.90. The first kappa shape index (κ1) is 15.0. The number of piperidine rings is 1. The summed E-state index contributed by atoms with van der Waals surface area (Å²) in [5.74, 6) is 0. The Hall–Kier alpha value is -2.53. The van der Waals surface area contributed by atoms with E-state index in [2.05, 4.69) is 32.3 Å². The predicted molar refractivity (Wildman–Crippen MR) is 92.6 cm³/mol. The molecule has 0 spiro atoms. The molecule has 0 unspecified atom stereocenters. The number of hydrogen-bond acceptors (Lipinski definition) is 4. The van der Waals surface area contributed by atoms with Crippen LogP contribution in [0.15, 0.2) is 60.9 Å². The van der Waals surface area contributed by atoms with E-state index in [4.69, 9.17) is 0 Å². The lowest BCUT2D eigenvalue weighted by molar-refractivity contribution is 0.135. The quantitative estimate of drug-likeness (QED) is 0.739. The first-order valence-corrected chi connectivity index (χ1v) is 8.52. The maximum Gasteiger partial charge on any atom is 0.0972 e. The van der Waals surface area contributed by atoms with Crippen molar-refractivity contribution in [1.29, 1.82) is 0 Å². The Kier molecular flexibility index (Phi) is 4.34. The second kappa shape index (κ2) is 6.93. The molecule has 5 heteroatoms. The fourth-order valence-corrected chi connectivity index (χ4v) is 3.37. The summed E-state index contributed by atoms with van der Waals surface area (Å²) >= 11 is 0. The van der Waals surface area contributed by atoms with Crippen LogP contribution in [-0.4, -0.2) is 31.4 Å². The largest absolute Gasteiger partial charge is 0.289 e. The first-order valence-electron chi connectivity index (χ1n) is 8.52. The maximum absolute atomic E-state index is 4.56. The summed E-state index contributed by atoms with van der Waals surface area (Å²) in [7, 11) is 0. The summed E-state index contributed by atoms with van der Waals surface area (Å²) in [4.78, 5) is 7.04. The van der Waals surface area contributed by atoms with Gasteiger partial charge in [0.1, 0.15) is 0 Å². The van der Waals surface area contributed by atoms with E-state index in [1.54, 1.807) is 0 Å². The fraction of sp³-hybridized carbons (Fsp3) is 0.316. The van der Waals surface area contributed by atoms with Crippen molar-refractivity contribution in [2.24, 2.45) is 0 Å². The topological polar surface area (TPSA) is 46.8 Å². The summed E-state index contributed by atoms with van der Waals surface area (Å²) in [5.41, 5.74) is 3.20. The minimum atomic E-state index is 0.377. The molecule has 0 N–H and O–H groups in total. The first-order chi connectivity index (χ1) is 11.9. The van der Waals surface area contributed by atoms with Crippen LogP contribution in [-0.2, 0) is 6.54 Å². The summed E-state index contributed by atoms with van der Waals surface area (Å²) in [5, 5.41) is 8.64. The van der Waals surface area contributed by atoms with Crippen LogP contribution in [0.25, 0.3) is 5.69 Å². The molecule has 4 rings (SSSR count). The molecule has 1 saturated heterocycles. The maximum atomic E-state index is 4.56. The molecule has 3 heterocycles. The van der Waals surface area contributed by atoms with Crippen molar-refractivity contribution in [3.63, 3.8) is 0 Å².